The van der Waals surface area contributed by atoms with E-state index in [0.717, 1.165) is 0 Å². The number of hydrogen-bond acceptors (Lipinski definition) is 5. The van der Waals surface area contributed by atoms with E-state index in [-0.39, 0.29) is 22.9 Å². The van der Waals surface area contributed by atoms with E-state index in [1.165, 1.54) is 0 Å². The number of allylic oxidation sites excluding steroid dienone is 1. The first-order valence-corrected chi connectivity index (χ1v) is 6.58. The first-order valence-electron chi connectivity index (χ1n) is 6.21. The lowest BCUT2D eigenvalue weighted by Gasteiger charge is -2.24. The molecule has 2 aromatic rings. The maximum absolute atomic E-state index is 12.1. The molecule has 110 valence electrons. The number of ether oxygens (including phenoxy) is 1. The zero-order chi connectivity index (χ0) is 15.9. The lowest BCUT2D eigenvalue weighted by Crippen LogP contribution is -2.33. The summed E-state index contributed by atoms with van der Waals surface area (Å²) >= 11 is 5.86. The van der Waals surface area contributed by atoms with Gasteiger partial charge in [-0.2, -0.15) is 5.26 Å². The van der Waals surface area contributed by atoms with Gasteiger partial charge in [0.2, 0.25) is 11.8 Å². The number of aromatic nitrogens is 2. The van der Waals surface area contributed by atoms with Gasteiger partial charge in [-0.05, 0) is 17.7 Å². The molecule has 0 amide bonds. The molecule has 0 aliphatic carbocycles. The van der Waals surface area contributed by atoms with Crippen molar-refractivity contribution in [1.82, 2.24) is 9.97 Å². The Bertz CT molecular complexity index is 934. The molecule has 0 fully saturated rings. The molecule has 0 saturated heterocycles. The number of nitrogens with zero attached hydrogens (tertiary/aromatic N) is 1. The number of benzene rings is 1. The Morgan fingerprint density at radius 3 is 2.55 bits per heavy atom. The van der Waals surface area contributed by atoms with Crippen LogP contribution in [0, 0.1) is 11.3 Å². The van der Waals surface area contributed by atoms with Gasteiger partial charge in [-0.1, -0.05) is 23.7 Å². The molecule has 0 saturated carbocycles. The van der Waals surface area contributed by atoms with Crippen molar-refractivity contribution in [3.05, 3.63) is 72.7 Å². The molecule has 8 heteroatoms. The van der Waals surface area contributed by atoms with Gasteiger partial charge in [0, 0.05) is 5.02 Å². The molecular weight excluding hydrogens is 308 g/mol. The topological polar surface area (TPSA) is 125 Å². The second-order valence-electron chi connectivity index (χ2n) is 4.63. The third-order valence-corrected chi connectivity index (χ3v) is 3.57. The van der Waals surface area contributed by atoms with Crippen LogP contribution < -0.4 is 21.7 Å². The molecule has 1 aliphatic rings. The second-order valence-corrected chi connectivity index (χ2v) is 5.06. The molecule has 7 nitrogen and oxygen atoms in total. The van der Waals surface area contributed by atoms with Crippen molar-refractivity contribution in [3.63, 3.8) is 0 Å². The fraction of sp³-hybridized carbons (Fsp3) is 0.0714. The lowest BCUT2D eigenvalue weighted by atomic mass is 9.85. The van der Waals surface area contributed by atoms with Gasteiger partial charge in [0.05, 0.1) is 11.5 Å². The molecule has 1 aromatic heterocycles. The summed E-state index contributed by atoms with van der Waals surface area (Å²) in [5.74, 6) is -0.965. The number of rotatable bonds is 1. The quantitative estimate of drug-likeness (QED) is 0.722. The maximum Gasteiger partial charge on any atom is 0.328 e. The van der Waals surface area contributed by atoms with Gasteiger partial charge in [0.1, 0.15) is 11.6 Å². The average molecular weight is 317 g/mol. The van der Waals surface area contributed by atoms with E-state index in [1.54, 1.807) is 24.3 Å². The third kappa shape index (κ3) is 2.16. The number of nitrogens with one attached hydrogen (secondary N) is 2. The monoisotopic (exact) mass is 316 g/mol. The van der Waals surface area contributed by atoms with Crippen molar-refractivity contribution in [2.75, 3.05) is 0 Å². The Morgan fingerprint density at radius 1 is 1.23 bits per heavy atom. The van der Waals surface area contributed by atoms with Crippen LogP contribution in [0.3, 0.4) is 0 Å². The Labute approximate surface area is 128 Å². The molecule has 4 N–H and O–H groups in total. The zero-order valence-corrected chi connectivity index (χ0v) is 11.8. The normalized spacial score (nSPS) is 16.6. The lowest BCUT2D eigenvalue weighted by molar-refractivity contribution is 0.373. The van der Waals surface area contributed by atoms with E-state index in [9.17, 15) is 14.9 Å². The molecule has 0 spiro atoms. The van der Waals surface area contributed by atoms with Gasteiger partial charge < -0.3 is 10.5 Å². The van der Waals surface area contributed by atoms with Crippen molar-refractivity contribution in [3.8, 4) is 11.9 Å². The first kappa shape index (κ1) is 14.0. The van der Waals surface area contributed by atoms with Crippen LogP contribution in [0.2, 0.25) is 5.02 Å². The predicted octanol–water partition coefficient (Wildman–Crippen LogP) is 0.935. The number of halogens is 1. The van der Waals surface area contributed by atoms with Crippen LogP contribution in [0.25, 0.3) is 0 Å². The van der Waals surface area contributed by atoms with E-state index in [0.29, 0.717) is 10.6 Å². The van der Waals surface area contributed by atoms with E-state index in [2.05, 4.69) is 9.97 Å². The zero-order valence-electron chi connectivity index (χ0n) is 11.0. The summed E-state index contributed by atoms with van der Waals surface area (Å²) in [6, 6.07) is 8.58. The molecule has 22 heavy (non-hydrogen) atoms. The highest BCUT2D eigenvalue weighted by Crippen LogP contribution is 2.38. The van der Waals surface area contributed by atoms with E-state index in [1.807, 2.05) is 6.07 Å². The number of fused-ring (bicyclic) bond motifs is 1. The van der Waals surface area contributed by atoms with Gasteiger partial charge in [-0.3, -0.25) is 14.8 Å². The van der Waals surface area contributed by atoms with Crippen molar-refractivity contribution in [2.45, 2.75) is 5.92 Å². The summed E-state index contributed by atoms with van der Waals surface area (Å²) < 4.78 is 5.21. The SMILES string of the molecule is N#CC1=C(N)Oc2[nH]c(=O)[nH]c(=O)c2[C@@H]1c1ccc(Cl)cc1. The fourth-order valence-electron chi connectivity index (χ4n) is 2.38. The Kier molecular flexibility index (Phi) is 3.23. The molecule has 1 aromatic carbocycles. The van der Waals surface area contributed by atoms with Crippen molar-refractivity contribution < 1.29 is 4.74 Å². The van der Waals surface area contributed by atoms with Crippen LogP contribution in [-0.4, -0.2) is 9.97 Å². The molecule has 3 rings (SSSR count). The van der Waals surface area contributed by atoms with Crippen LogP contribution in [0.1, 0.15) is 17.0 Å². The minimum Gasteiger partial charge on any atom is -0.424 e. The minimum atomic E-state index is -0.744. The third-order valence-electron chi connectivity index (χ3n) is 3.32. The summed E-state index contributed by atoms with van der Waals surface area (Å²) in [4.78, 5) is 28.0. The fourth-order valence-corrected chi connectivity index (χ4v) is 2.50. The second kappa shape index (κ2) is 5.09. The molecule has 2 heterocycles. The summed E-state index contributed by atoms with van der Waals surface area (Å²) in [6.07, 6.45) is 0. The highest BCUT2D eigenvalue weighted by Gasteiger charge is 2.33. The Morgan fingerprint density at radius 2 is 1.91 bits per heavy atom. The number of nitrogens with two attached hydrogens (primary N) is 1. The van der Waals surface area contributed by atoms with Gasteiger partial charge >= 0.3 is 5.69 Å². The summed E-state index contributed by atoms with van der Waals surface area (Å²) in [6.45, 7) is 0. The molecule has 1 aliphatic heterocycles. The first-order chi connectivity index (χ1) is 10.5. The number of hydrogen-bond donors (Lipinski definition) is 3. The average Bonchev–Trinajstić information content (AvgIpc) is 2.46. The van der Waals surface area contributed by atoms with Gasteiger partial charge in [0.25, 0.3) is 5.56 Å². The molecule has 0 radical (unpaired) electrons. The standard InChI is InChI=1S/C14H9ClN4O3/c15-7-3-1-6(2-4-7)9-8(5-16)11(17)22-13-10(9)12(20)18-14(21)19-13/h1-4,9H,17H2,(H2,18,19,20,21)/t9-/m1/s1. The van der Waals surface area contributed by atoms with Crippen LogP contribution >= 0.6 is 11.6 Å². The van der Waals surface area contributed by atoms with Crippen molar-refractivity contribution >= 4 is 11.6 Å². The highest BCUT2D eigenvalue weighted by atomic mass is 35.5. The number of aromatic amines is 2. The molecule has 1 atom stereocenters. The van der Waals surface area contributed by atoms with Crippen LogP contribution in [0.15, 0.2) is 45.3 Å². The predicted molar refractivity (Wildman–Crippen MR) is 78.4 cm³/mol. The van der Waals surface area contributed by atoms with Crippen LogP contribution in [-0.2, 0) is 0 Å². The van der Waals surface area contributed by atoms with Crippen molar-refractivity contribution in [2.24, 2.45) is 5.73 Å². The number of H-pyrrole nitrogens is 2. The van der Waals surface area contributed by atoms with E-state index >= 15 is 0 Å². The van der Waals surface area contributed by atoms with Crippen LogP contribution in [0.5, 0.6) is 5.88 Å². The van der Waals surface area contributed by atoms with Gasteiger partial charge in [-0.25, -0.2) is 4.79 Å². The highest BCUT2D eigenvalue weighted by molar-refractivity contribution is 6.30. The largest absolute Gasteiger partial charge is 0.424 e. The Hall–Kier alpha value is -2.98. The van der Waals surface area contributed by atoms with E-state index < -0.39 is 17.2 Å². The summed E-state index contributed by atoms with van der Waals surface area (Å²) in [5.41, 5.74) is 5.22. The Balaban J connectivity index is 2.32. The maximum atomic E-state index is 12.1. The van der Waals surface area contributed by atoms with Gasteiger partial charge in [-0.15, -0.1) is 0 Å². The summed E-state index contributed by atoms with van der Waals surface area (Å²) in [5, 5.41) is 9.86. The van der Waals surface area contributed by atoms with Gasteiger partial charge in [0.15, 0.2) is 0 Å². The molecular formula is C14H9ClN4O3. The molecule has 0 unspecified atom stereocenters. The number of nitriles is 1. The molecule has 0 bridgehead atoms. The van der Waals surface area contributed by atoms with Crippen molar-refractivity contribution in [1.29, 1.82) is 5.26 Å². The minimum absolute atomic E-state index is 0.0646. The van der Waals surface area contributed by atoms with E-state index in [4.69, 9.17) is 22.1 Å². The van der Waals surface area contributed by atoms with Crippen LogP contribution in [0.4, 0.5) is 0 Å². The summed E-state index contributed by atoms with van der Waals surface area (Å²) in [7, 11) is 0. The smallest absolute Gasteiger partial charge is 0.328 e.